The van der Waals surface area contributed by atoms with Crippen LogP contribution in [-0.2, 0) is 0 Å². The molecular weight excluding hydrogens is 240 g/mol. The smallest absolute Gasteiger partial charge is 0.291 e. The van der Waals surface area contributed by atoms with Crippen molar-refractivity contribution in [2.24, 2.45) is 5.92 Å². The van der Waals surface area contributed by atoms with Gasteiger partial charge in [-0.3, -0.25) is 0 Å². The summed E-state index contributed by atoms with van der Waals surface area (Å²) in [4.78, 5) is 16.7. The molecule has 0 aromatic heterocycles. The summed E-state index contributed by atoms with van der Waals surface area (Å²) in [6, 6.07) is 0. The second-order valence-corrected chi connectivity index (χ2v) is 3.26. The molecule has 104 valence electrons. The molecule has 0 aromatic rings. The molecule has 0 bridgehead atoms. The van der Waals surface area contributed by atoms with Crippen molar-refractivity contribution in [1.82, 2.24) is 0 Å². The molecule has 0 amide bonds. The largest absolute Gasteiger partial charge is 0.365 e. The minimum Gasteiger partial charge on any atom is -0.365 e. The zero-order chi connectivity index (χ0) is 14.6. The van der Waals surface area contributed by atoms with Gasteiger partial charge in [0.2, 0.25) is 0 Å². The lowest BCUT2D eigenvalue weighted by Crippen LogP contribution is -2.33. The molecule has 0 saturated carbocycles. The minimum absolute atomic E-state index is 0.0718. The first kappa shape index (κ1) is 20.7. The van der Waals surface area contributed by atoms with E-state index in [1.807, 2.05) is 6.92 Å². The molecule has 0 aliphatic carbocycles. The van der Waals surface area contributed by atoms with Crippen molar-refractivity contribution in [3.63, 3.8) is 0 Å². The van der Waals surface area contributed by atoms with Gasteiger partial charge in [0.05, 0.1) is 0 Å². The van der Waals surface area contributed by atoms with Crippen LogP contribution in [0.1, 0.15) is 33.6 Å². The number of aliphatic hydroxyl groups is 2. The maximum absolute atomic E-state index is 9.15. The van der Waals surface area contributed by atoms with Crippen molar-refractivity contribution in [3.8, 4) is 0 Å². The van der Waals surface area contributed by atoms with E-state index in [4.69, 9.17) is 40.9 Å². The highest BCUT2D eigenvalue weighted by atomic mass is 16.9. The molecule has 0 heterocycles. The average Bonchev–Trinajstić information content (AvgIpc) is 2.00. The van der Waals surface area contributed by atoms with Crippen LogP contribution in [0.3, 0.4) is 0 Å². The molecule has 0 fully saturated rings. The first-order valence-corrected chi connectivity index (χ1v) is 4.58. The highest BCUT2D eigenvalue weighted by Crippen LogP contribution is 2.18. The van der Waals surface area contributed by atoms with Gasteiger partial charge in [-0.05, 0) is 0 Å². The van der Waals surface area contributed by atoms with Crippen molar-refractivity contribution in [3.05, 3.63) is 20.2 Å². The summed E-state index contributed by atoms with van der Waals surface area (Å²) in [5.41, 5.74) is 0. The Hall–Kier alpha value is -1.68. The van der Waals surface area contributed by atoms with E-state index in [0.29, 0.717) is 6.42 Å². The van der Waals surface area contributed by atoms with Gasteiger partial charge >= 0.3 is 0 Å². The van der Waals surface area contributed by atoms with Gasteiger partial charge in [-0.15, -0.1) is 20.2 Å². The van der Waals surface area contributed by atoms with Crippen LogP contribution in [0.25, 0.3) is 0 Å². The highest BCUT2D eigenvalue weighted by Gasteiger charge is 2.25. The summed E-state index contributed by atoms with van der Waals surface area (Å²) < 4.78 is 0. The molecule has 0 atom stereocenters. The SMILES string of the molecule is CCCC(O)(O)C(C)C.O=[N+]([O-])O.O=[N+]([O-])O. The summed E-state index contributed by atoms with van der Waals surface area (Å²) in [6.45, 7) is 5.54. The first-order valence-electron chi connectivity index (χ1n) is 4.58. The molecule has 0 aliphatic rings. The molecule has 0 rings (SSSR count). The van der Waals surface area contributed by atoms with Crippen LogP contribution >= 0.6 is 0 Å². The van der Waals surface area contributed by atoms with Crippen LogP contribution in [0.2, 0.25) is 0 Å². The van der Waals surface area contributed by atoms with E-state index < -0.39 is 16.0 Å². The van der Waals surface area contributed by atoms with Crippen LogP contribution in [0.4, 0.5) is 0 Å². The predicted octanol–water partition coefficient (Wildman–Crippen LogP) is 0.428. The Balaban J connectivity index is -0.000000205. The fraction of sp³-hybridized carbons (Fsp3) is 1.00. The molecule has 0 radical (unpaired) electrons. The Bertz CT molecular complexity index is 198. The molecule has 0 aromatic carbocycles. The second-order valence-electron chi connectivity index (χ2n) is 3.26. The van der Waals surface area contributed by atoms with E-state index in [2.05, 4.69) is 0 Å². The van der Waals surface area contributed by atoms with Gasteiger partial charge in [0.25, 0.3) is 10.2 Å². The predicted molar refractivity (Wildman–Crippen MR) is 54.5 cm³/mol. The van der Waals surface area contributed by atoms with E-state index in [1.165, 1.54) is 0 Å². The van der Waals surface area contributed by atoms with E-state index in [1.54, 1.807) is 13.8 Å². The lowest BCUT2D eigenvalue weighted by molar-refractivity contribution is -0.742. The molecule has 10 nitrogen and oxygen atoms in total. The third-order valence-electron chi connectivity index (χ3n) is 1.54. The van der Waals surface area contributed by atoms with Crippen LogP contribution in [0.15, 0.2) is 0 Å². The van der Waals surface area contributed by atoms with Crippen molar-refractivity contribution < 1.29 is 30.8 Å². The van der Waals surface area contributed by atoms with Crippen molar-refractivity contribution in [1.29, 1.82) is 0 Å². The maximum atomic E-state index is 9.15. The van der Waals surface area contributed by atoms with Gasteiger partial charge in [0, 0.05) is 12.3 Å². The Kier molecular flexibility index (Phi) is 13.2. The maximum Gasteiger partial charge on any atom is 0.291 e. The summed E-state index contributed by atoms with van der Waals surface area (Å²) in [6.07, 6.45) is 1.27. The zero-order valence-corrected chi connectivity index (χ0v) is 9.81. The third-order valence-corrected chi connectivity index (χ3v) is 1.54. The number of hydrogen-bond acceptors (Lipinski definition) is 6. The van der Waals surface area contributed by atoms with Crippen molar-refractivity contribution in [2.75, 3.05) is 0 Å². The normalized spacial score (nSPS) is 9.53. The fourth-order valence-electron chi connectivity index (χ4n) is 0.657. The third kappa shape index (κ3) is 31.4. The molecular formula is C7H18N2O8. The Morgan fingerprint density at radius 2 is 1.35 bits per heavy atom. The highest BCUT2D eigenvalue weighted by molar-refractivity contribution is 4.66. The average molecular weight is 258 g/mol. The van der Waals surface area contributed by atoms with Crippen LogP contribution in [0, 0.1) is 26.1 Å². The van der Waals surface area contributed by atoms with Gasteiger partial charge in [0.15, 0.2) is 5.79 Å². The van der Waals surface area contributed by atoms with Gasteiger partial charge in [0.1, 0.15) is 0 Å². The quantitative estimate of drug-likeness (QED) is 0.321. The monoisotopic (exact) mass is 258 g/mol. The summed E-state index contributed by atoms with van der Waals surface area (Å²) in [7, 11) is 0. The first-order chi connectivity index (χ1) is 7.47. The molecule has 0 unspecified atom stereocenters. The fourth-order valence-corrected chi connectivity index (χ4v) is 0.657. The van der Waals surface area contributed by atoms with Gasteiger partial charge in [-0.25, -0.2) is 0 Å². The van der Waals surface area contributed by atoms with Crippen LogP contribution in [0.5, 0.6) is 0 Å². The van der Waals surface area contributed by atoms with Crippen LogP contribution < -0.4 is 0 Å². The van der Waals surface area contributed by atoms with Gasteiger partial charge in [-0.2, -0.15) is 0 Å². The van der Waals surface area contributed by atoms with Crippen molar-refractivity contribution >= 4 is 0 Å². The molecule has 17 heavy (non-hydrogen) atoms. The van der Waals surface area contributed by atoms with Crippen molar-refractivity contribution in [2.45, 2.75) is 39.4 Å². The molecule has 0 spiro atoms. The number of rotatable bonds is 3. The topological polar surface area (TPSA) is 167 Å². The lowest BCUT2D eigenvalue weighted by atomic mass is 9.99. The van der Waals surface area contributed by atoms with E-state index in [-0.39, 0.29) is 5.92 Å². The lowest BCUT2D eigenvalue weighted by Gasteiger charge is -2.24. The molecule has 0 saturated heterocycles. The Morgan fingerprint density at radius 3 is 1.41 bits per heavy atom. The van der Waals surface area contributed by atoms with Gasteiger partial charge in [-0.1, -0.05) is 27.2 Å². The zero-order valence-electron chi connectivity index (χ0n) is 9.81. The van der Waals surface area contributed by atoms with Gasteiger partial charge < -0.3 is 20.6 Å². The summed E-state index contributed by atoms with van der Waals surface area (Å²) >= 11 is 0. The molecule has 0 aliphatic heterocycles. The van der Waals surface area contributed by atoms with E-state index in [9.17, 15) is 0 Å². The Labute approximate surface area is 97.3 Å². The van der Waals surface area contributed by atoms with Crippen LogP contribution in [-0.4, -0.2) is 36.6 Å². The molecule has 4 N–H and O–H groups in total. The standard InChI is InChI=1S/C7H16O2.2HNO3/c1-4-5-7(8,9)6(2)3;2*2-1(3)4/h6,8-9H,4-5H2,1-3H3;2*(H,2,3,4). The van der Waals surface area contributed by atoms with E-state index >= 15 is 0 Å². The number of nitrogens with zero attached hydrogens (tertiary/aromatic N) is 2. The second kappa shape index (κ2) is 10.8. The number of hydrogen-bond donors (Lipinski definition) is 4. The minimum atomic E-state index is -1.50. The Morgan fingerprint density at radius 1 is 1.12 bits per heavy atom. The summed E-state index contributed by atoms with van der Waals surface area (Å²) in [5, 5.41) is 45.6. The van der Waals surface area contributed by atoms with E-state index in [0.717, 1.165) is 6.42 Å². The summed E-state index contributed by atoms with van der Waals surface area (Å²) in [5.74, 6) is -1.52. The molecule has 10 heteroatoms.